The van der Waals surface area contributed by atoms with Gasteiger partial charge in [-0.2, -0.15) is 4.98 Å². The number of piperidine rings is 1. The molecule has 3 aliphatic rings. The van der Waals surface area contributed by atoms with E-state index in [9.17, 15) is 4.79 Å². The van der Waals surface area contributed by atoms with Gasteiger partial charge in [-0.15, -0.1) is 0 Å². The van der Waals surface area contributed by atoms with E-state index in [1.807, 2.05) is 24.3 Å². The van der Waals surface area contributed by atoms with Crippen molar-refractivity contribution >= 4 is 5.91 Å². The standard InChI is InChI=1S/C20H24N6O3/c1-28-14-4-2-3-13(9-14)18-24-20(29-25-18)15-11-22-26-16(10-17(27)23-19(15)26)12-5-7-21-8-6-12/h2-4,9-10,12,15,19,21-22H,5-8,11H2,1H3,(H,23,27). The molecule has 0 spiro atoms. The van der Waals surface area contributed by atoms with Crippen molar-refractivity contribution in [2.24, 2.45) is 5.92 Å². The quantitative estimate of drug-likeness (QED) is 0.703. The van der Waals surface area contributed by atoms with Crippen LogP contribution in [-0.4, -0.2) is 54.0 Å². The second-order valence-electron chi connectivity index (χ2n) is 7.57. The maximum atomic E-state index is 12.4. The van der Waals surface area contributed by atoms with Gasteiger partial charge in [0.2, 0.25) is 17.6 Å². The number of fused-ring (bicyclic) bond motifs is 1. The summed E-state index contributed by atoms with van der Waals surface area (Å²) in [6.45, 7) is 2.56. The van der Waals surface area contributed by atoms with Gasteiger partial charge >= 0.3 is 0 Å². The Kier molecular flexibility index (Phi) is 4.69. The molecule has 2 atom stereocenters. The molecular weight excluding hydrogens is 372 g/mol. The normalized spacial score (nSPS) is 24.8. The summed E-state index contributed by atoms with van der Waals surface area (Å²) < 4.78 is 10.9. The first-order chi connectivity index (χ1) is 14.2. The van der Waals surface area contributed by atoms with Gasteiger partial charge in [0.1, 0.15) is 11.9 Å². The van der Waals surface area contributed by atoms with Gasteiger partial charge in [0.25, 0.3) is 0 Å². The topological polar surface area (TPSA) is 105 Å². The van der Waals surface area contributed by atoms with E-state index < -0.39 is 0 Å². The van der Waals surface area contributed by atoms with Crippen molar-refractivity contribution in [3.8, 4) is 17.1 Å². The summed E-state index contributed by atoms with van der Waals surface area (Å²) in [6, 6.07) is 7.54. The van der Waals surface area contributed by atoms with Gasteiger partial charge in [-0.1, -0.05) is 17.3 Å². The molecule has 5 rings (SSSR count). The Labute approximate surface area is 168 Å². The first kappa shape index (κ1) is 18.1. The number of allylic oxidation sites excluding steroid dienone is 1. The van der Waals surface area contributed by atoms with Crippen molar-refractivity contribution in [2.75, 3.05) is 26.7 Å². The average molecular weight is 396 g/mol. The number of hydrazine groups is 1. The van der Waals surface area contributed by atoms with Crippen molar-refractivity contribution in [2.45, 2.75) is 24.9 Å². The minimum absolute atomic E-state index is 0.0685. The summed E-state index contributed by atoms with van der Waals surface area (Å²) in [4.78, 5) is 17.0. The molecule has 9 heteroatoms. The number of ether oxygens (including phenoxy) is 1. The molecule has 0 radical (unpaired) electrons. The van der Waals surface area contributed by atoms with E-state index >= 15 is 0 Å². The number of benzene rings is 1. The molecule has 2 unspecified atom stereocenters. The van der Waals surface area contributed by atoms with Crippen molar-refractivity contribution in [1.29, 1.82) is 0 Å². The molecular formula is C20H24N6O3. The van der Waals surface area contributed by atoms with Gasteiger partial charge in [-0.3, -0.25) is 9.80 Å². The van der Waals surface area contributed by atoms with Crippen LogP contribution in [0.5, 0.6) is 5.75 Å². The Hall–Kier alpha value is -2.91. The van der Waals surface area contributed by atoms with Crippen LogP contribution in [0.1, 0.15) is 24.7 Å². The summed E-state index contributed by atoms with van der Waals surface area (Å²) in [5, 5.41) is 12.7. The fourth-order valence-corrected chi connectivity index (χ4v) is 4.31. The number of nitrogens with one attached hydrogen (secondary N) is 3. The Bertz CT molecular complexity index is 936. The highest BCUT2D eigenvalue weighted by Gasteiger charge is 2.44. The van der Waals surface area contributed by atoms with Gasteiger partial charge < -0.3 is 19.9 Å². The lowest BCUT2D eigenvalue weighted by Crippen LogP contribution is -2.53. The number of carbonyl (C=O) groups is 1. The molecule has 4 heterocycles. The van der Waals surface area contributed by atoms with Gasteiger partial charge in [-0.05, 0) is 38.1 Å². The summed E-state index contributed by atoms with van der Waals surface area (Å²) in [6.07, 6.45) is 3.53. The van der Waals surface area contributed by atoms with Crippen LogP contribution in [0.4, 0.5) is 0 Å². The van der Waals surface area contributed by atoms with Crippen molar-refractivity contribution in [3.05, 3.63) is 41.9 Å². The van der Waals surface area contributed by atoms with Crippen molar-refractivity contribution < 1.29 is 14.1 Å². The number of hydrogen-bond acceptors (Lipinski definition) is 8. The second-order valence-corrected chi connectivity index (χ2v) is 7.57. The Morgan fingerprint density at radius 1 is 1.28 bits per heavy atom. The minimum atomic E-state index is -0.240. The fraction of sp³-hybridized carbons (Fsp3) is 0.450. The lowest BCUT2D eigenvalue weighted by atomic mass is 9.92. The molecule has 0 bridgehead atoms. The van der Waals surface area contributed by atoms with E-state index in [1.54, 1.807) is 13.2 Å². The van der Waals surface area contributed by atoms with Crippen molar-refractivity contribution in [1.82, 2.24) is 31.2 Å². The van der Waals surface area contributed by atoms with Gasteiger partial charge in [0.05, 0.1) is 13.0 Å². The zero-order valence-corrected chi connectivity index (χ0v) is 16.2. The number of methoxy groups -OCH3 is 1. The molecule has 0 aliphatic carbocycles. The summed E-state index contributed by atoms with van der Waals surface area (Å²) >= 11 is 0. The molecule has 9 nitrogen and oxygen atoms in total. The number of hydrogen-bond donors (Lipinski definition) is 3. The predicted molar refractivity (Wildman–Crippen MR) is 104 cm³/mol. The first-order valence-corrected chi connectivity index (χ1v) is 9.96. The van der Waals surface area contributed by atoms with Crippen LogP contribution in [-0.2, 0) is 4.79 Å². The van der Waals surface area contributed by atoms with Gasteiger partial charge in [0, 0.05) is 29.8 Å². The third kappa shape index (κ3) is 3.36. The van der Waals surface area contributed by atoms with Crippen LogP contribution in [0.3, 0.4) is 0 Å². The fourth-order valence-electron chi connectivity index (χ4n) is 4.31. The zero-order valence-electron chi connectivity index (χ0n) is 16.2. The molecule has 152 valence electrons. The highest BCUT2D eigenvalue weighted by atomic mass is 16.5. The third-order valence-corrected chi connectivity index (χ3v) is 5.83. The number of carbonyl (C=O) groups excluding carboxylic acids is 1. The van der Waals surface area contributed by atoms with E-state index in [2.05, 4.69) is 31.2 Å². The number of aromatic nitrogens is 2. The smallest absolute Gasteiger partial charge is 0.247 e. The Morgan fingerprint density at radius 3 is 2.97 bits per heavy atom. The highest BCUT2D eigenvalue weighted by Crippen LogP contribution is 2.35. The first-order valence-electron chi connectivity index (χ1n) is 9.96. The van der Waals surface area contributed by atoms with Crippen LogP contribution >= 0.6 is 0 Å². The SMILES string of the molecule is COc1cccc(-c2noc(C3CNN4C(C5CCNCC5)=CC(=O)NC34)n2)c1. The summed E-state index contributed by atoms with van der Waals surface area (Å²) in [5.74, 6) is 1.92. The van der Waals surface area contributed by atoms with E-state index in [1.165, 1.54) is 0 Å². The molecule has 29 heavy (non-hydrogen) atoms. The Balaban J connectivity index is 1.39. The molecule has 2 aromatic rings. The van der Waals surface area contributed by atoms with Gasteiger partial charge in [-0.25, -0.2) is 5.43 Å². The largest absolute Gasteiger partial charge is 0.497 e. The number of amides is 1. The van der Waals surface area contributed by atoms with Crippen molar-refractivity contribution in [3.63, 3.8) is 0 Å². The highest BCUT2D eigenvalue weighted by molar-refractivity contribution is 5.89. The summed E-state index contributed by atoms with van der Waals surface area (Å²) in [5.41, 5.74) is 5.30. The van der Waals surface area contributed by atoms with Gasteiger partial charge in [0.15, 0.2) is 0 Å². The average Bonchev–Trinajstić information content (AvgIpc) is 3.41. The molecule has 1 aromatic carbocycles. The zero-order chi connectivity index (χ0) is 19.8. The monoisotopic (exact) mass is 396 g/mol. The van der Waals surface area contributed by atoms with E-state index in [4.69, 9.17) is 9.26 Å². The van der Waals surface area contributed by atoms with Crippen LogP contribution < -0.4 is 20.8 Å². The molecule has 1 amide bonds. The minimum Gasteiger partial charge on any atom is -0.497 e. The maximum Gasteiger partial charge on any atom is 0.247 e. The van der Waals surface area contributed by atoms with E-state index in [0.717, 1.165) is 42.9 Å². The second kappa shape index (κ2) is 7.49. The lowest BCUT2D eigenvalue weighted by molar-refractivity contribution is -0.119. The molecule has 3 N–H and O–H groups in total. The maximum absolute atomic E-state index is 12.4. The number of nitrogens with zero attached hydrogens (tertiary/aromatic N) is 3. The third-order valence-electron chi connectivity index (χ3n) is 5.83. The molecule has 2 fully saturated rings. The van der Waals surface area contributed by atoms with Crippen LogP contribution in [0, 0.1) is 5.92 Å². The molecule has 1 aromatic heterocycles. The Morgan fingerprint density at radius 2 is 2.14 bits per heavy atom. The molecule has 2 saturated heterocycles. The summed E-state index contributed by atoms with van der Waals surface area (Å²) in [7, 11) is 1.62. The predicted octanol–water partition coefficient (Wildman–Crippen LogP) is 0.988. The lowest BCUT2D eigenvalue weighted by Gasteiger charge is -2.38. The number of rotatable bonds is 4. The van der Waals surface area contributed by atoms with Crippen LogP contribution in [0.2, 0.25) is 0 Å². The van der Waals surface area contributed by atoms with E-state index in [0.29, 0.717) is 24.2 Å². The molecule has 0 saturated carbocycles. The van der Waals surface area contributed by atoms with Crippen LogP contribution in [0.25, 0.3) is 11.4 Å². The van der Waals surface area contributed by atoms with Crippen LogP contribution in [0.15, 0.2) is 40.6 Å². The van der Waals surface area contributed by atoms with E-state index in [-0.39, 0.29) is 18.0 Å². The molecule has 3 aliphatic heterocycles.